The highest BCUT2D eigenvalue weighted by Gasteiger charge is 2.36. The summed E-state index contributed by atoms with van der Waals surface area (Å²) in [6, 6.07) is 2.44. The Labute approximate surface area is 73.5 Å². The highest BCUT2D eigenvalue weighted by Crippen LogP contribution is 2.40. The maximum Gasteiger partial charge on any atom is 0.0828 e. The van der Waals surface area contributed by atoms with E-state index in [0.717, 1.165) is 25.4 Å². The van der Waals surface area contributed by atoms with Gasteiger partial charge in [-0.1, -0.05) is 12.8 Å². The molecule has 1 saturated carbocycles. The summed E-state index contributed by atoms with van der Waals surface area (Å²) in [4.78, 5) is 0. The normalized spacial score (nSPS) is 34.9. The predicted molar refractivity (Wildman–Crippen MR) is 45.4 cm³/mol. The van der Waals surface area contributed by atoms with Crippen molar-refractivity contribution in [3.63, 3.8) is 0 Å². The molecule has 2 aliphatic rings. The van der Waals surface area contributed by atoms with E-state index >= 15 is 0 Å². The zero-order chi connectivity index (χ0) is 8.44. The molecular weight excluding hydrogens is 150 g/mol. The topological polar surface area (TPSA) is 33.0 Å². The highest BCUT2D eigenvalue weighted by molar-refractivity contribution is 5.01. The van der Waals surface area contributed by atoms with Crippen LogP contribution in [0.2, 0.25) is 0 Å². The lowest BCUT2D eigenvalue weighted by Crippen LogP contribution is -2.18. The molecule has 66 valence electrons. The first-order chi connectivity index (χ1) is 5.85. The minimum atomic E-state index is -0.109. The van der Waals surface area contributed by atoms with Crippen molar-refractivity contribution >= 4 is 0 Å². The zero-order valence-electron chi connectivity index (χ0n) is 7.38. The molecular formula is C10H15NO. The van der Waals surface area contributed by atoms with Crippen LogP contribution < -0.4 is 0 Å². The van der Waals surface area contributed by atoms with E-state index in [0.29, 0.717) is 6.61 Å². The average Bonchev–Trinajstić information content (AvgIpc) is 2.82. The van der Waals surface area contributed by atoms with Gasteiger partial charge in [0.1, 0.15) is 0 Å². The zero-order valence-corrected chi connectivity index (χ0v) is 7.38. The standard InChI is InChI=1S/C10H15NO/c11-7-10(5-6-12-8-10)4-3-9-1-2-9/h9H,1-6,8H2. The first-order valence-corrected chi connectivity index (χ1v) is 4.84. The van der Waals surface area contributed by atoms with Crippen LogP contribution in [-0.4, -0.2) is 13.2 Å². The SMILES string of the molecule is N#CC1(CCC2CC2)CCOC1. The monoisotopic (exact) mass is 165 g/mol. The van der Waals surface area contributed by atoms with Crippen molar-refractivity contribution in [2.75, 3.05) is 13.2 Å². The molecule has 12 heavy (non-hydrogen) atoms. The minimum absolute atomic E-state index is 0.109. The summed E-state index contributed by atoms with van der Waals surface area (Å²) in [6.45, 7) is 1.47. The van der Waals surface area contributed by atoms with Crippen LogP contribution in [0.15, 0.2) is 0 Å². The van der Waals surface area contributed by atoms with E-state index < -0.39 is 0 Å². The summed E-state index contributed by atoms with van der Waals surface area (Å²) < 4.78 is 5.28. The molecule has 2 nitrogen and oxygen atoms in total. The van der Waals surface area contributed by atoms with Gasteiger partial charge in [0.15, 0.2) is 0 Å². The number of nitriles is 1. The Kier molecular flexibility index (Phi) is 2.06. The lowest BCUT2D eigenvalue weighted by atomic mass is 9.83. The molecule has 0 aromatic rings. The summed E-state index contributed by atoms with van der Waals surface area (Å²) in [7, 11) is 0. The van der Waals surface area contributed by atoms with Gasteiger partial charge in [-0.2, -0.15) is 5.26 Å². The Morgan fingerprint density at radius 3 is 2.83 bits per heavy atom. The second-order valence-corrected chi connectivity index (χ2v) is 4.18. The van der Waals surface area contributed by atoms with Gasteiger partial charge in [-0.15, -0.1) is 0 Å². The molecule has 2 fully saturated rings. The summed E-state index contributed by atoms with van der Waals surface area (Å²) in [5.41, 5.74) is -0.109. The van der Waals surface area contributed by atoms with E-state index in [-0.39, 0.29) is 5.41 Å². The fraction of sp³-hybridized carbons (Fsp3) is 0.900. The molecule has 1 saturated heterocycles. The maximum atomic E-state index is 9.02. The number of nitrogens with zero attached hydrogens (tertiary/aromatic N) is 1. The molecule has 1 aliphatic carbocycles. The fourth-order valence-electron chi connectivity index (χ4n) is 1.84. The van der Waals surface area contributed by atoms with E-state index in [4.69, 9.17) is 10.00 Å². The van der Waals surface area contributed by atoms with E-state index in [1.54, 1.807) is 0 Å². The quantitative estimate of drug-likeness (QED) is 0.641. The lowest BCUT2D eigenvalue weighted by molar-refractivity contribution is 0.167. The third kappa shape index (κ3) is 1.61. The van der Waals surface area contributed by atoms with Gasteiger partial charge in [-0.05, 0) is 25.2 Å². The van der Waals surface area contributed by atoms with Gasteiger partial charge < -0.3 is 4.74 Å². The van der Waals surface area contributed by atoms with Crippen molar-refractivity contribution < 1.29 is 4.74 Å². The third-order valence-corrected chi connectivity index (χ3v) is 3.07. The van der Waals surface area contributed by atoms with E-state index in [1.165, 1.54) is 19.3 Å². The fourth-order valence-corrected chi connectivity index (χ4v) is 1.84. The Hall–Kier alpha value is -0.550. The van der Waals surface area contributed by atoms with Gasteiger partial charge in [0, 0.05) is 6.61 Å². The Morgan fingerprint density at radius 1 is 1.50 bits per heavy atom. The van der Waals surface area contributed by atoms with Gasteiger partial charge in [-0.25, -0.2) is 0 Å². The van der Waals surface area contributed by atoms with Crippen LogP contribution in [0.1, 0.15) is 32.1 Å². The molecule has 0 bridgehead atoms. The number of rotatable bonds is 3. The second kappa shape index (κ2) is 3.06. The van der Waals surface area contributed by atoms with Crippen molar-refractivity contribution in [3.05, 3.63) is 0 Å². The lowest BCUT2D eigenvalue weighted by Gasteiger charge is -2.17. The van der Waals surface area contributed by atoms with Crippen molar-refractivity contribution in [1.82, 2.24) is 0 Å². The van der Waals surface area contributed by atoms with Crippen LogP contribution in [0.25, 0.3) is 0 Å². The van der Waals surface area contributed by atoms with Crippen LogP contribution in [0.5, 0.6) is 0 Å². The molecule has 1 aliphatic heterocycles. The number of hydrogen-bond acceptors (Lipinski definition) is 2. The molecule has 1 heterocycles. The largest absolute Gasteiger partial charge is 0.380 e. The van der Waals surface area contributed by atoms with Crippen molar-refractivity contribution in [1.29, 1.82) is 5.26 Å². The van der Waals surface area contributed by atoms with Gasteiger partial charge >= 0.3 is 0 Å². The van der Waals surface area contributed by atoms with Crippen LogP contribution in [-0.2, 0) is 4.74 Å². The van der Waals surface area contributed by atoms with Crippen molar-refractivity contribution in [2.24, 2.45) is 11.3 Å². The summed E-state index contributed by atoms with van der Waals surface area (Å²) in [5.74, 6) is 0.941. The molecule has 2 rings (SSSR count). The van der Waals surface area contributed by atoms with E-state index in [2.05, 4.69) is 6.07 Å². The van der Waals surface area contributed by atoms with Gasteiger partial charge in [0.25, 0.3) is 0 Å². The van der Waals surface area contributed by atoms with Crippen LogP contribution in [0.4, 0.5) is 0 Å². The van der Waals surface area contributed by atoms with Crippen LogP contribution in [0, 0.1) is 22.7 Å². The summed E-state index contributed by atoms with van der Waals surface area (Å²) in [5, 5.41) is 9.02. The molecule has 0 aromatic carbocycles. The first-order valence-electron chi connectivity index (χ1n) is 4.84. The number of ether oxygens (including phenoxy) is 1. The van der Waals surface area contributed by atoms with Crippen LogP contribution >= 0.6 is 0 Å². The van der Waals surface area contributed by atoms with E-state index in [9.17, 15) is 0 Å². The van der Waals surface area contributed by atoms with Gasteiger partial charge in [0.05, 0.1) is 18.1 Å². The molecule has 0 amide bonds. The predicted octanol–water partition coefficient (Wildman–Crippen LogP) is 2.11. The number of hydrogen-bond donors (Lipinski definition) is 0. The maximum absolute atomic E-state index is 9.02. The van der Waals surface area contributed by atoms with Gasteiger partial charge in [0.2, 0.25) is 0 Å². The molecule has 0 aromatic heterocycles. The van der Waals surface area contributed by atoms with Gasteiger partial charge in [-0.3, -0.25) is 0 Å². The first kappa shape index (κ1) is 8.07. The smallest absolute Gasteiger partial charge is 0.0828 e. The molecule has 2 heteroatoms. The van der Waals surface area contributed by atoms with Crippen LogP contribution in [0.3, 0.4) is 0 Å². The molecule has 1 atom stereocenters. The summed E-state index contributed by atoms with van der Waals surface area (Å²) in [6.07, 6.45) is 6.05. The van der Waals surface area contributed by atoms with E-state index in [1.807, 2.05) is 0 Å². The molecule has 1 unspecified atom stereocenters. The minimum Gasteiger partial charge on any atom is -0.380 e. The summed E-state index contributed by atoms with van der Waals surface area (Å²) >= 11 is 0. The Morgan fingerprint density at radius 2 is 2.33 bits per heavy atom. The second-order valence-electron chi connectivity index (χ2n) is 4.18. The van der Waals surface area contributed by atoms with Crippen molar-refractivity contribution in [3.8, 4) is 6.07 Å². The molecule has 0 spiro atoms. The average molecular weight is 165 g/mol. The molecule has 0 N–H and O–H groups in total. The Bertz CT molecular complexity index is 196. The Balaban J connectivity index is 1.84. The third-order valence-electron chi connectivity index (χ3n) is 3.07. The molecule has 0 radical (unpaired) electrons. The van der Waals surface area contributed by atoms with Crippen molar-refractivity contribution in [2.45, 2.75) is 32.1 Å². The highest BCUT2D eigenvalue weighted by atomic mass is 16.5.